The van der Waals surface area contributed by atoms with Crippen LogP contribution in [0.1, 0.15) is 6.92 Å². The van der Waals surface area contributed by atoms with Crippen LogP contribution >= 0.6 is 0 Å². The zero-order valence-electron chi connectivity index (χ0n) is 14.4. The Morgan fingerprint density at radius 1 is 1.08 bits per heavy atom. The second-order valence-corrected chi connectivity index (χ2v) is 5.40. The normalized spacial score (nSPS) is 10.6. The molecule has 0 saturated heterocycles. The Morgan fingerprint density at radius 2 is 1.81 bits per heavy atom. The molecule has 3 rings (SSSR count). The molecule has 134 valence electrons. The molecule has 2 aromatic carbocycles. The number of esters is 1. The van der Waals surface area contributed by atoms with E-state index in [-0.39, 0.29) is 39.7 Å². The van der Waals surface area contributed by atoms with E-state index >= 15 is 0 Å². The summed E-state index contributed by atoms with van der Waals surface area (Å²) in [4.78, 5) is 23.9. The SMILES string of the molecule is COc1cc(O)c2c(=O)cc(-c3ccccc3OC(C)=O)oc2c1OC. The molecule has 0 unspecified atom stereocenters. The van der Waals surface area contributed by atoms with E-state index in [9.17, 15) is 14.7 Å². The number of para-hydroxylation sites is 1. The molecule has 0 radical (unpaired) electrons. The van der Waals surface area contributed by atoms with Crippen LogP contribution in [0.15, 0.2) is 45.6 Å². The summed E-state index contributed by atoms with van der Waals surface area (Å²) < 4.78 is 21.5. The molecular weight excluding hydrogens is 340 g/mol. The number of carbonyl (C=O) groups is 1. The standard InChI is InChI=1S/C19H16O7/c1-10(20)25-14-7-5-4-6-11(14)15-8-12(21)17-13(22)9-16(23-2)18(24-3)19(17)26-15/h4-9,22H,1-3H3. The maximum Gasteiger partial charge on any atom is 0.308 e. The van der Waals surface area contributed by atoms with Gasteiger partial charge in [0.25, 0.3) is 0 Å². The molecule has 0 saturated carbocycles. The number of hydrogen-bond donors (Lipinski definition) is 1. The zero-order chi connectivity index (χ0) is 18.8. The Balaban J connectivity index is 2.34. The highest BCUT2D eigenvalue weighted by atomic mass is 16.5. The van der Waals surface area contributed by atoms with E-state index in [4.69, 9.17) is 18.6 Å². The third-order valence-corrected chi connectivity index (χ3v) is 3.73. The van der Waals surface area contributed by atoms with Gasteiger partial charge in [-0.15, -0.1) is 0 Å². The molecule has 1 aromatic heterocycles. The Kier molecular flexibility index (Phi) is 4.53. The zero-order valence-corrected chi connectivity index (χ0v) is 14.4. The van der Waals surface area contributed by atoms with Crippen molar-refractivity contribution in [2.75, 3.05) is 14.2 Å². The summed E-state index contributed by atoms with van der Waals surface area (Å²) in [6.07, 6.45) is 0. The number of carbonyl (C=O) groups excluding carboxylic acids is 1. The molecule has 0 aliphatic rings. The maximum absolute atomic E-state index is 12.6. The predicted molar refractivity (Wildman–Crippen MR) is 94.0 cm³/mol. The van der Waals surface area contributed by atoms with Crippen LogP contribution in [0, 0.1) is 0 Å². The fourth-order valence-corrected chi connectivity index (χ4v) is 2.66. The molecule has 0 fully saturated rings. The Labute approximate surface area is 148 Å². The van der Waals surface area contributed by atoms with E-state index in [0.29, 0.717) is 5.56 Å². The van der Waals surface area contributed by atoms with Gasteiger partial charge in [0.05, 0.1) is 19.8 Å². The molecule has 0 aliphatic heterocycles. The quantitative estimate of drug-likeness (QED) is 0.567. The van der Waals surface area contributed by atoms with Gasteiger partial charge in [-0.05, 0) is 12.1 Å². The number of benzene rings is 2. The summed E-state index contributed by atoms with van der Waals surface area (Å²) in [5, 5.41) is 10.1. The van der Waals surface area contributed by atoms with Crippen molar-refractivity contribution in [3.63, 3.8) is 0 Å². The van der Waals surface area contributed by atoms with Crippen LogP contribution < -0.4 is 19.6 Å². The van der Waals surface area contributed by atoms with Crippen molar-refractivity contribution in [2.24, 2.45) is 0 Å². The summed E-state index contributed by atoms with van der Waals surface area (Å²) in [6.45, 7) is 1.28. The van der Waals surface area contributed by atoms with Gasteiger partial charge in [0.15, 0.2) is 16.8 Å². The van der Waals surface area contributed by atoms with Crippen LogP contribution in [-0.4, -0.2) is 25.3 Å². The van der Waals surface area contributed by atoms with Gasteiger partial charge >= 0.3 is 5.97 Å². The van der Waals surface area contributed by atoms with Crippen LogP contribution in [0.5, 0.6) is 23.0 Å². The first-order chi connectivity index (χ1) is 12.5. The number of phenols is 1. The number of methoxy groups -OCH3 is 2. The van der Waals surface area contributed by atoms with Crippen molar-refractivity contribution in [3.8, 4) is 34.3 Å². The van der Waals surface area contributed by atoms with Gasteiger partial charge in [0.2, 0.25) is 5.75 Å². The van der Waals surface area contributed by atoms with Crippen LogP contribution in [0.4, 0.5) is 0 Å². The number of ether oxygens (including phenoxy) is 3. The van der Waals surface area contributed by atoms with E-state index in [1.54, 1.807) is 24.3 Å². The van der Waals surface area contributed by atoms with E-state index in [2.05, 4.69) is 0 Å². The molecule has 0 aliphatic carbocycles. The fraction of sp³-hybridized carbons (Fsp3) is 0.158. The van der Waals surface area contributed by atoms with Crippen molar-refractivity contribution in [1.29, 1.82) is 0 Å². The van der Waals surface area contributed by atoms with Crippen molar-refractivity contribution >= 4 is 16.9 Å². The van der Waals surface area contributed by atoms with Gasteiger partial charge in [0.1, 0.15) is 22.6 Å². The maximum atomic E-state index is 12.6. The number of aromatic hydroxyl groups is 1. The number of rotatable bonds is 4. The molecule has 1 N–H and O–H groups in total. The second-order valence-electron chi connectivity index (χ2n) is 5.40. The summed E-state index contributed by atoms with van der Waals surface area (Å²) in [5.74, 6) is -0.00196. The van der Waals surface area contributed by atoms with E-state index in [0.717, 1.165) is 0 Å². The Hall–Kier alpha value is -3.48. The van der Waals surface area contributed by atoms with E-state index in [1.807, 2.05) is 0 Å². The van der Waals surface area contributed by atoms with Crippen molar-refractivity contribution in [3.05, 3.63) is 46.6 Å². The summed E-state index contributed by atoms with van der Waals surface area (Å²) >= 11 is 0. The van der Waals surface area contributed by atoms with Gasteiger partial charge < -0.3 is 23.7 Å². The lowest BCUT2D eigenvalue weighted by Gasteiger charge is -2.13. The molecule has 0 amide bonds. The minimum absolute atomic E-state index is 0.0311. The van der Waals surface area contributed by atoms with Crippen LogP contribution in [0.3, 0.4) is 0 Å². The lowest BCUT2D eigenvalue weighted by Crippen LogP contribution is -2.05. The Bertz CT molecular complexity index is 1050. The van der Waals surface area contributed by atoms with Crippen LogP contribution in [-0.2, 0) is 4.79 Å². The van der Waals surface area contributed by atoms with E-state index in [1.165, 1.54) is 33.3 Å². The minimum atomic E-state index is -0.502. The van der Waals surface area contributed by atoms with Crippen molar-refractivity contribution in [2.45, 2.75) is 6.92 Å². The molecule has 7 heteroatoms. The smallest absolute Gasteiger partial charge is 0.308 e. The largest absolute Gasteiger partial charge is 0.507 e. The monoisotopic (exact) mass is 356 g/mol. The van der Waals surface area contributed by atoms with Gasteiger partial charge in [-0.25, -0.2) is 0 Å². The average molecular weight is 356 g/mol. The molecule has 0 spiro atoms. The number of hydrogen-bond acceptors (Lipinski definition) is 7. The molecule has 1 heterocycles. The van der Waals surface area contributed by atoms with E-state index < -0.39 is 11.4 Å². The molecular formula is C19H16O7. The Morgan fingerprint density at radius 3 is 2.46 bits per heavy atom. The van der Waals surface area contributed by atoms with Gasteiger partial charge in [-0.3, -0.25) is 9.59 Å². The first kappa shape index (κ1) is 17.3. The lowest BCUT2D eigenvalue weighted by molar-refractivity contribution is -0.131. The van der Waals surface area contributed by atoms with Crippen LogP contribution in [0.25, 0.3) is 22.3 Å². The highest BCUT2D eigenvalue weighted by Gasteiger charge is 2.21. The topological polar surface area (TPSA) is 95.2 Å². The average Bonchev–Trinajstić information content (AvgIpc) is 2.60. The molecule has 0 atom stereocenters. The fourth-order valence-electron chi connectivity index (χ4n) is 2.66. The van der Waals surface area contributed by atoms with Crippen LogP contribution in [0.2, 0.25) is 0 Å². The number of fused-ring (bicyclic) bond motifs is 1. The second kappa shape index (κ2) is 6.79. The first-order valence-electron chi connectivity index (χ1n) is 7.66. The van der Waals surface area contributed by atoms with Gasteiger partial charge in [0, 0.05) is 19.1 Å². The molecule has 7 nitrogen and oxygen atoms in total. The molecule has 0 bridgehead atoms. The summed E-state index contributed by atoms with van der Waals surface area (Å²) in [5.41, 5.74) is -0.0344. The summed E-state index contributed by atoms with van der Waals surface area (Å²) in [7, 11) is 2.80. The lowest BCUT2D eigenvalue weighted by atomic mass is 10.1. The number of phenolic OH excluding ortho intramolecular Hbond substituents is 1. The first-order valence-corrected chi connectivity index (χ1v) is 7.66. The van der Waals surface area contributed by atoms with Crippen molar-refractivity contribution in [1.82, 2.24) is 0 Å². The van der Waals surface area contributed by atoms with Crippen molar-refractivity contribution < 1.29 is 28.5 Å². The third kappa shape index (κ3) is 2.95. The minimum Gasteiger partial charge on any atom is -0.507 e. The van der Waals surface area contributed by atoms with Gasteiger partial charge in [-0.2, -0.15) is 0 Å². The highest BCUT2D eigenvalue weighted by Crippen LogP contribution is 2.41. The van der Waals surface area contributed by atoms with Gasteiger partial charge in [-0.1, -0.05) is 12.1 Å². The molecule has 26 heavy (non-hydrogen) atoms. The predicted octanol–water partition coefficient (Wildman–Crippen LogP) is 3.11. The molecule has 3 aromatic rings. The summed E-state index contributed by atoms with van der Waals surface area (Å²) in [6, 6.07) is 9.14. The third-order valence-electron chi connectivity index (χ3n) is 3.73. The highest BCUT2D eigenvalue weighted by molar-refractivity contribution is 5.92.